The predicted octanol–water partition coefficient (Wildman–Crippen LogP) is 3.72. The van der Waals surface area contributed by atoms with Gasteiger partial charge < -0.3 is 15.8 Å². The number of rotatable bonds is 2. The van der Waals surface area contributed by atoms with E-state index >= 15 is 0 Å². The van der Waals surface area contributed by atoms with Crippen molar-refractivity contribution in [1.82, 2.24) is 5.32 Å². The van der Waals surface area contributed by atoms with Crippen LogP contribution in [-0.2, 0) is 0 Å². The van der Waals surface area contributed by atoms with E-state index in [0.717, 1.165) is 0 Å². The Labute approximate surface area is 142 Å². The number of amides is 1. The molecular formula is C18H17F3N2O2. The Hall–Kier alpha value is -2.70. The monoisotopic (exact) mass is 350 g/mol. The minimum atomic E-state index is -1.61. The largest absolute Gasteiger partial charge is 0.487 e. The fraction of sp³-hybridized carbons (Fsp3) is 0.278. The van der Waals surface area contributed by atoms with Crippen molar-refractivity contribution in [1.29, 1.82) is 0 Å². The first-order valence-electron chi connectivity index (χ1n) is 7.70. The molecule has 0 aromatic heterocycles. The molecule has 7 heteroatoms. The molecule has 0 fully saturated rings. The molecule has 4 nitrogen and oxygen atoms in total. The van der Waals surface area contributed by atoms with E-state index in [0.29, 0.717) is 35.6 Å². The van der Waals surface area contributed by atoms with Gasteiger partial charge in [0.2, 0.25) is 0 Å². The highest BCUT2D eigenvalue weighted by Gasteiger charge is 2.35. The van der Waals surface area contributed by atoms with Crippen LogP contribution in [0.3, 0.4) is 0 Å². The van der Waals surface area contributed by atoms with Crippen molar-refractivity contribution >= 4 is 11.6 Å². The Morgan fingerprint density at radius 1 is 1.20 bits per heavy atom. The lowest BCUT2D eigenvalue weighted by atomic mass is 9.89. The molecule has 1 aliphatic rings. The lowest BCUT2D eigenvalue weighted by molar-refractivity contribution is 0.0619. The molecule has 0 bridgehead atoms. The van der Waals surface area contributed by atoms with Gasteiger partial charge in [-0.25, -0.2) is 13.2 Å². The highest BCUT2D eigenvalue weighted by atomic mass is 19.2. The maximum Gasteiger partial charge on any atom is 0.251 e. The van der Waals surface area contributed by atoms with Crippen LogP contribution in [0.5, 0.6) is 5.75 Å². The molecule has 3 rings (SSSR count). The molecule has 1 amide bonds. The first kappa shape index (κ1) is 17.1. The number of hydrogen-bond donors (Lipinski definition) is 2. The molecule has 0 saturated heterocycles. The molecular weight excluding hydrogens is 333 g/mol. The van der Waals surface area contributed by atoms with Crippen molar-refractivity contribution in [2.24, 2.45) is 0 Å². The minimum absolute atomic E-state index is 0.300. The van der Waals surface area contributed by atoms with Gasteiger partial charge in [0, 0.05) is 23.2 Å². The average molecular weight is 350 g/mol. The standard InChI is InChI=1S/C18H17F3N2O2/c1-18(2)8-14(11-7-10(22)3-4-15(11)25-18)23-17(24)9-5-12(19)16(21)13(20)6-9/h3-7,14H,8,22H2,1-2H3,(H,23,24). The van der Waals surface area contributed by atoms with Crippen LogP contribution in [0.15, 0.2) is 30.3 Å². The van der Waals surface area contributed by atoms with E-state index in [2.05, 4.69) is 5.32 Å². The van der Waals surface area contributed by atoms with Crippen molar-refractivity contribution in [3.05, 3.63) is 58.9 Å². The lowest BCUT2D eigenvalue weighted by Gasteiger charge is -2.38. The first-order valence-corrected chi connectivity index (χ1v) is 7.70. The molecule has 1 unspecified atom stereocenters. The Bertz CT molecular complexity index is 829. The smallest absolute Gasteiger partial charge is 0.251 e. The van der Waals surface area contributed by atoms with Gasteiger partial charge in [-0.1, -0.05) is 0 Å². The van der Waals surface area contributed by atoms with Gasteiger partial charge in [0.05, 0.1) is 6.04 Å². The van der Waals surface area contributed by atoms with Crippen molar-refractivity contribution in [3.8, 4) is 5.75 Å². The van der Waals surface area contributed by atoms with E-state index < -0.39 is 35.0 Å². The van der Waals surface area contributed by atoms with Gasteiger partial charge in [-0.05, 0) is 44.2 Å². The van der Waals surface area contributed by atoms with Crippen LogP contribution in [0, 0.1) is 17.5 Å². The molecule has 2 aromatic carbocycles. The number of nitrogen functional groups attached to an aromatic ring is 1. The average Bonchev–Trinajstić information content (AvgIpc) is 2.52. The number of carbonyl (C=O) groups is 1. The molecule has 3 N–H and O–H groups in total. The number of hydrogen-bond acceptors (Lipinski definition) is 3. The summed E-state index contributed by atoms with van der Waals surface area (Å²) in [5.74, 6) is -4.58. The van der Waals surface area contributed by atoms with Crippen molar-refractivity contribution in [2.45, 2.75) is 31.9 Å². The van der Waals surface area contributed by atoms with Gasteiger partial charge in [0.1, 0.15) is 11.4 Å². The van der Waals surface area contributed by atoms with E-state index in [1.807, 2.05) is 13.8 Å². The normalized spacial score (nSPS) is 18.2. The second kappa shape index (κ2) is 5.98. The summed E-state index contributed by atoms with van der Waals surface area (Å²) in [6.07, 6.45) is 0.432. The van der Waals surface area contributed by atoms with Gasteiger partial charge in [-0.2, -0.15) is 0 Å². The van der Waals surface area contributed by atoms with Crippen LogP contribution in [0.1, 0.15) is 42.2 Å². The Morgan fingerprint density at radius 3 is 2.48 bits per heavy atom. The summed E-state index contributed by atoms with van der Waals surface area (Å²) in [6.45, 7) is 3.73. The fourth-order valence-electron chi connectivity index (χ4n) is 2.93. The molecule has 25 heavy (non-hydrogen) atoms. The third-order valence-electron chi connectivity index (χ3n) is 4.04. The summed E-state index contributed by atoms with van der Waals surface area (Å²) in [5, 5.41) is 2.72. The molecule has 0 spiro atoms. The number of halogens is 3. The third kappa shape index (κ3) is 3.40. The van der Waals surface area contributed by atoms with Crippen LogP contribution in [0.4, 0.5) is 18.9 Å². The molecule has 0 radical (unpaired) electrons. The van der Waals surface area contributed by atoms with E-state index in [-0.39, 0.29) is 5.56 Å². The minimum Gasteiger partial charge on any atom is -0.487 e. The molecule has 0 aliphatic carbocycles. The summed E-state index contributed by atoms with van der Waals surface area (Å²) in [4.78, 5) is 12.4. The molecule has 1 heterocycles. The predicted molar refractivity (Wildman–Crippen MR) is 86.7 cm³/mol. The molecule has 1 aliphatic heterocycles. The fourth-order valence-corrected chi connectivity index (χ4v) is 2.93. The van der Waals surface area contributed by atoms with Crippen LogP contribution in [-0.4, -0.2) is 11.5 Å². The zero-order chi connectivity index (χ0) is 18.4. The first-order chi connectivity index (χ1) is 11.7. The van der Waals surface area contributed by atoms with E-state index in [4.69, 9.17) is 10.5 Å². The van der Waals surface area contributed by atoms with Gasteiger partial charge in [-0.15, -0.1) is 0 Å². The summed E-state index contributed by atoms with van der Waals surface area (Å²) in [6, 6.07) is 5.94. The maximum absolute atomic E-state index is 13.4. The van der Waals surface area contributed by atoms with E-state index in [1.54, 1.807) is 18.2 Å². The Balaban J connectivity index is 1.92. The second-order valence-corrected chi connectivity index (χ2v) is 6.64. The number of fused-ring (bicyclic) bond motifs is 1. The maximum atomic E-state index is 13.4. The SMILES string of the molecule is CC1(C)CC(NC(=O)c2cc(F)c(F)c(F)c2)c2cc(N)ccc2O1. The third-order valence-corrected chi connectivity index (χ3v) is 4.04. The van der Waals surface area contributed by atoms with Gasteiger partial charge in [0.25, 0.3) is 5.91 Å². The second-order valence-electron chi connectivity index (χ2n) is 6.64. The topological polar surface area (TPSA) is 64.4 Å². The summed E-state index contributed by atoms with van der Waals surface area (Å²) < 4.78 is 45.7. The van der Waals surface area contributed by atoms with Crippen molar-refractivity contribution in [3.63, 3.8) is 0 Å². The number of nitrogens with two attached hydrogens (primary N) is 1. The summed E-state index contributed by atoms with van der Waals surface area (Å²) in [5.41, 5.74) is 6.12. The van der Waals surface area contributed by atoms with Crippen LogP contribution in [0.25, 0.3) is 0 Å². The van der Waals surface area contributed by atoms with Crippen LogP contribution >= 0.6 is 0 Å². The van der Waals surface area contributed by atoms with Gasteiger partial charge >= 0.3 is 0 Å². The number of carbonyl (C=O) groups excluding carboxylic acids is 1. The molecule has 0 saturated carbocycles. The van der Waals surface area contributed by atoms with Gasteiger partial charge in [0.15, 0.2) is 17.5 Å². The summed E-state index contributed by atoms with van der Waals surface area (Å²) in [7, 11) is 0. The van der Waals surface area contributed by atoms with Crippen molar-refractivity contribution in [2.75, 3.05) is 5.73 Å². The highest BCUT2D eigenvalue weighted by Crippen LogP contribution is 2.40. The Kier molecular flexibility index (Phi) is 4.10. The van der Waals surface area contributed by atoms with Crippen molar-refractivity contribution < 1.29 is 22.7 Å². The highest BCUT2D eigenvalue weighted by molar-refractivity contribution is 5.94. The number of ether oxygens (including phenoxy) is 1. The quantitative estimate of drug-likeness (QED) is 0.641. The number of nitrogens with one attached hydrogen (secondary N) is 1. The molecule has 132 valence electrons. The van der Waals surface area contributed by atoms with Gasteiger partial charge in [-0.3, -0.25) is 4.79 Å². The van der Waals surface area contributed by atoms with Crippen LogP contribution < -0.4 is 15.8 Å². The van der Waals surface area contributed by atoms with E-state index in [9.17, 15) is 18.0 Å². The Morgan fingerprint density at radius 2 is 1.84 bits per heavy atom. The van der Waals surface area contributed by atoms with E-state index in [1.165, 1.54) is 0 Å². The number of anilines is 1. The molecule has 2 aromatic rings. The zero-order valence-electron chi connectivity index (χ0n) is 13.7. The van der Waals surface area contributed by atoms with Crippen LogP contribution in [0.2, 0.25) is 0 Å². The zero-order valence-corrected chi connectivity index (χ0v) is 13.7. The lowest BCUT2D eigenvalue weighted by Crippen LogP contribution is -2.41. The molecule has 1 atom stereocenters. The summed E-state index contributed by atoms with van der Waals surface area (Å²) >= 11 is 0. The number of benzene rings is 2.